The average Bonchev–Trinajstić information content (AvgIpc) is 3.29. The Hall–Kier alpha value is -4.05. The van der Waals surface area contributed by atoms with E-state index in [-0.39, 0.29) is 42.3 Å². The number of carbonyl (C=O) groups is 5. The molecule has 0 aromatic heterocycles. The van der Waals surface area contributed by atoms with E-state index < -0.39 is 70.4 Å². The molecule has 4 amide bonds. The van der Waals surface area contributed by atoms with E-state index in [2.05, 4.69) is 0 Å². The van der Waals surface area contributed by atoms with Crippen molar-refractivity contribution in [2.24, 2.45) is 29.1 Å². The molecule has 3 fully saturated rings. The second-order valence-electron chi connectivity index (χ2n) is 11.3. The summed E-state index contributed by atoms with van der Waals surface area (Å²) in [7, 11) is 0. The molecule has 6 atom stereocenters. The van der Waals surface area contributed by atoms with Crippen LogP contribution >= 0.6 is 11.6 Å². The van der Waals surface area contributed by atoms with E-state index in [1.807, 2.05) is 6.08 Å². The van der Waals surface area contributed by atoms with Crippen LogP contribution in [0.3, 0.4) is 0 Å². The number of halogens is 2. The summed E-state index contributed by atoms with van der Waals surface area (Å²) in [4.78, 5) is 68.3. The highest BCUT2D eigenvalue weighted by molar-refractivity contribution is 6.31. The van der Waals surface area contributed by atoms with Crippen LogP contribution in [0.15, 0.2) is 54.1 Å². The lowest BCUT2D eigenvalue weighted by atomic mass is 9.51. The number of hydrogen-bond donors (Lipinski definition) is 2. The van der Waals surface area contributed by atoms with E-state index >= 15 is 0 Å². The number of nitrogens with zero attached hydrogens (tertiary/aromatic N) is 2. The molecule has 1 saturated carbocycles. The molecule has 0 bridgehead atoms. The molecule has 4 aliphatic rings. The van der Waals surface area contributed by atoms with Gasteiger partial charge in [-0.2, -0.15) is 0 Å². The SMILES string of the molecule is C[C@@]12C(=O)N(c3ccc(F)c(Cl)c3)C(=O)[C@@H]1C[C@@H]1C(=CC[C@@H]3C(=O)N(CCC(=O)O)C(=O)[C@@H]31)[C@@H]2c1ccccc1O. The van der Waals surface area contributed by atoms with Gasteiger partial charge in [-0.25, -0.2) is 9.29 Å². The monoisotopic (exact) mass is 580 g/mol. The van der Waals surface area contributed by atoms with E-state index in [0.29, 0.717) is 11.1 Å². The quantitative estimate of drug-likeness (QED) is 0.405. The second-order valence-corrected chi connectivity index (χ2v) is 11.7. The smallest absolute Gasteiger partial charge is 0.305 e. The maximum Gasteiger partial charge on any atom is 0.305 e. The molecular formula is C30H26ClFN2O7. The molecule has 11 heteroatoms. The summed E-state index contributed by atoms with van der Waals surface area (Å²) in [6.45, 7) is 1.42. The number of rotatable bonds is 5. The zero-order chi connectivity index (χ0) is 29.4. The molecule has 2 aliphatic carbocycles. The van der Waals surface area contributed by atoms with Crippen LogP contribution in [-0.4, -0.2) is 51.3 Å². The summed E-state index contributed by atoms with van der Waals surface area (Å²) in [5.74, 6) is -7.81. The zero-order valence-corrected chi connectivity index (χ0v) is 22.7. The molecule has 2 N–H and O–H groups in total. The van der Waals surface area contributed by atoms with Crippen LogP contribution in [0.2, 0.25) is 5.02 Å². The number of allylic oxidation sites excluding steroid dienone is 2. The first kappa shape index (κ1) is 27.1. The molecule has 41 heavy (non-hydrogen) atoms. The third-order valence-electron chi connectivity index (χ3n) is 9.32. The van der Waals surface area contributed by atoms with Crippen molar-refractivity contribution in [2.75, 3.05) is 11.4 Å². The van der Waals surface area contributed by atoms with Crippen LogP contribution in [0.5, 0.6) is 5.75 Å². The first-order valence-electron chi connectivity index (χ1n) is 13.3. The molecule has 0 unspecified atom stereocenters. The fourth-order valence-electron chi connectivity index (χ4n) is 7.45. The highest BCUT2D eigenvalue weighted by atomic mass is 35.5. The van der Waals surface area contributed by atoms with Gasteiger partial charge in [0.15, 0.2) is 0 Å². The Labute approximate surface area is 239 Å². The van der Waals surface area contributed by atoms with Crippen molar-refractivity contribution in [1.29, 1.82) is 0 Å². The van der Waals surface area contributed by atoms with Crippen LogP contribution in [0, 0.1) is 34.9 Å². The number of carboxylic acid groups (broad SMARTS) is 1. The molecule has 2 aromatic carbocycles. The van der Waals surface area contributed by atoms with Crippen LogP contribution in [-0.2, 0) is 24.0 Å². The molecule has 2 aliphatic heterocycles. The van der Waals surface area contributed by atoms with Crippen molar-refractivity contribution < 1.29 is 38.6 Å². The fraction of sp³-hybridized carbons (Fsp3) is 0.367. The van der Waals surface area contributed by atoms with Crippen molar-refractivity contribution in [3.8, 4) is 5.75 Å². The van der Waals surface area contributed by atoms with Gasteiger partial charge in [0.25, 0.3) is 0 Å². The Morgan fingerprint density at radius 1 is 1.07 bits per heavy atom. The number of aliphatic carboxylic acids is 1. The van der Waals surface area contributed by atoms with Crippen molar-refractivity contribution in [1.82, 2.24) is 4.90 Å². The topological polar surface area (TPSA) is 132 Å². The Morgan fingerprint density at radius 2 is 1.80 bits per heavy atom. The number of carboxylic acids is 1. The molecule has 6 rings (SSSR count). The van der Waals surface area contributed by atoms with Gasteiger partial charge in [0.05, 0.1) is 40.3 Å². The predicted octanol–water partition coefficient (Wildman–Crippen LogP) is 3.89. The minimum absolute atomic E-state index is 0.0819. The number of anilines is 1. The van der Waals surface area contributed by atoms with Gasteiger partial charge < -0.3 is 10.2 Å². The molecule has 9 nitrogen and oxygen atoms in total. The number of phenolic OH excluding ortho intramolecular Hbond substituents is 1. The van der Waals surface area contributed by atoms with Gasteiger partial charge in [0, 0.05) is 18.0 Å². The highest BCUT2D eigenvalue weighted by Gasteiger charge is 2.67. The summed E-state index contributed by atoms with van der Waals surface area (Å²) in [5.41, 5.74) is -0.164. The van der Waals surface area contributed by atoms with Crippen molar-refractivity contribution in [3.05, 3.63) is 70.5 Å². The van der Waals surface area contributed by atoms with Gasteiger partial charge >= 0.3 is 5.97 Å². The van der Waals surface area contributed by atoms with E-state index in [1.165, 1.54) is 18.2 Å². The summed E-state index contributed by atoms with van der Waals surface area (Å²) in [6, 6.07) is 10.1. The van der Waals surface area contributed by atoms with E-state index in [0.717, 1.165) is 15.9 Å². The number of amides is 4. The molecule has 0 radical (unpaired) electrons. The average molecular weight is 581 g/mol. The minimum atomic E-state index is -1.37. The third kappa shape index (κ3) is 3.83. The van der Waals surface area contributed by atoms with Crippen LogP contribution in [0.4, 0.5) is 10.1 Å². The maximum atomic E-state index is 14.3. The standard InChI is InChI=1S/C30H26ClFN2O7/c1-30-19(27(39)34(29(30)41)14-6-9-21(32)20(31)12-14)13-18-15(25(30)16-4-2-3-5-22(16)35)7-8-17-24(18)28(40)33(26(17)38)11-10-23(36)37/h2-7,9,12,17-19,24-25,35H,8,10-11,13H2,1H3,(H,36,37)/t17-,18+,19-,24-,25+,30+/m0/s1. The second kappa shape index (κ2) is 9.51. The van der Waals surface area contributed by atoms with Gasteiger partial charge in [-0.3, -0.25) is 28.9 Å². The predicted molar refractivity (Wildman–Crippen MR) is 143 cm³/mol. The number of para-hydroxylation sites is 1. The summed E-state index contributed by atoms with van der Waals surface area (Å²) < 4.78 is 14.0. The minimum Gasteiger partial charge on any atom is -0.508 e. The normalized spacial score (nSPS) is 30.7. The van der Waals surface area contributed by atoms with Crippen molar-refractivity contribution in [3.63, 3.8) is 0 Å². The number of likely N-dealkylation sites (tertiary alicyclic amines) is 1. The van der Waals surface area contributed by atoms with Crippen LogP contribution < -0.4 is 4.90 Å². The van der Waals surface area contributed by atoms with E-state index in [4.69, 9.17) is 16.7 Å². The zero-order valence-electron chi connectivity index (χ0n) is 21.9. The molecular weight excluding hydrogens is 555 g/mol. The van der Waals surface area contributed by atoms with E-state index in [9.17, 15) is 33.5 Å². The van der Waals surface area contributed by atoms with Gasteiger partial charge in [-0.15, -0.1) is 0 Å². The summed E-state index contributed by atoms with van der Waals surface area (Å²) in [5, 5.41) is 19.8. The van der Waals surface area contributed by atoms with E-state index in [1.54, 1.807) is 25.1 Å². The Morgan fingerprint density at radius 3 is 2.49 bits per heavy atom. The lowest BCUT2D eigenvalue weighted by Gasteiger charge is -2.49. The number of fused-ring (bicyclic) bond motifs is 4. The number of benzene rings is 2. The molecule has 0 spiro atoms. The lowest BCUT2D eigenvalue weighted by molar-refractivity contribution is -0.142. The van der Waals surface area contributed by atoms with Crippen molar-refractivity contribution >= 4 is 46.9 Å². The van der Waals surface area contributed by atoms with Gasteiger partial charge in [-0.1, -0.05) is 41.4 Å². The van der Waals surface area contributed by atoms with Gasteiger partial charge in [-0.05, 0) is 49.9 Å². The Bertz CT molecular complexity index is 1570. The number of imide groups is 2. The van der Waals surface area contributed by atoms with Crippen LogP contribution in [0.25, 0.3) is 0 Å². The van der Waals surface area contributed by atoms with Crippen LogP contribution in [0.1, 0.15) is 37.7 Å². The highest BCUT2D eigenvalue weighted by Crippen LogP contribution is 2.64. The van der Waals surface area contributed by atoms with Crippen molar-refractivity contribution in [2.45, 2.75) is 32.1 Å². The summed E-state index contributed by atoms with van der Waals surface area (Å²) >= 11 is 5.99. The Kier molecular flexibility index (Phi) is 6.29. The number of hydrogen-bond acceptors (Lipinski definition) is 6. The molecule has 2 heterocycles. The molecule has 2 saturated heterocycles. The van der Waals surface area contributed by atoms with Gasteiger partial charge in [0.1, 0.15) is 11.6 Å². The summed E-state index contributed by atoms with van der Waals surface area (Å²) in [6.07, 6.45) is 1.75. The largest absolute Gasteiger partial charge is 0.508 e. The lowest BCUT2D eigenvalue weighted by Crippen LogP contribution is -2.48. The third-order valence-corrected chi connectivity index (χ3v) is 9.61. The maximum absolute atomic E-state index is 14.3. The number of carbonyl (C=O) groups excluding carboxylic acids is 4. The number of phenols is 1. The first-order valence-corrected chi connectivity index (χ1v) is 13.7. The number of aromatic hydroxyl groups is 1. The fourth-order valence-corrected chi connectivity index (χ4v) is 7.63. The first-order chi connectivity index (χ1) is 19.5. The van der Waals surface area contributed by atoms with Gasteiger partial charge in [0.2, 0.25) is 23.6 Å². The molecule has 212 valence electrons. The Balaban J connectivity index is 1.48. The molecule has 2 aromatic rings.